The molecule has 3 N–H and O–H groups in total. The van der Waals surface area contributed by atoms with Gasteiger partial charge in [0.15, 0.2) is 5.96 Å². The molecule has 182 valence electrons. The van der Waals surface area contributed by atoms with E-state index in [1.165, 1.54) is 0 Å². The topological polar surface area (TPSA) is 97.8 Å². The zero-order valence-electron chi connectivity index (χ0n) is 18.6. The molecule has 0 spiro atoms. The summed E-state index contributed by atoms with van der Waals surface area (Å²) in [6.45, 7) is 5.36. The van der Waals surface area contributed by atoms with Crippen LogP contribution in [0.15, 0.2) is 17.3 Å². The second kappa shape index (κ2) is 13.6. The maximum atomic E-state index is 12.7. The zero-order chi connectivity index (χ0) is 22.9. The first-order valence-electron chi connectivity index (χ1n) is 10.3. The van der Waals surface area contributed by atoms with Crippen molar-refractivity contribution in [2.24, 2.45) is 4.99 Å². The average molecular weight is 572 g/mol. The number of aromatic nitrogens is 2. The number of nitrogens with one attached hydrogen (secondary N) is 3. The molecule has 0 saturated carbocycles. The maximum Gasteiger partial charge on any atom is 0.433 e. The normalized spacial score (nSPS) is 15.6. The highest BCUT2D eigenvalue weighted by Gasteiger charge is 2.32. The molecule has 0 aromatic carbocycles. The molecule has 1 aromatic heterocycles. The van der Waals surface area contributed by atoms with Crippen LogP contribution in [0.25, 0.3) is 0 Å². The minimum absolute atomic E-state index is 0. The van der Waals surface area contributed by atoms with E-state index in [9.17, 15) is 18.0 Å². The summed E-state index contributed by atoms with van der Waals surface area (Å²) in [5.41, 5.74) is -0.984. The van der Waals surface area contributed by atoms with Gasteiger partial charge in [0.2, 0.25) is 11.9 Å². The Bertz CT molecular complexity index is 740. The first kappa shape index (κ1) is 28.1. The van der Waals surface area contributed by atoms with Crippen LogP contribution in [0.2, 0.25) is 0 Å². The van der Waals surface area contributed by atoms with E-state index >= 15 is 0 Å². The van der Waals surface area contributed by atoms with E-state index in [1.807, 2.05) is 6.92 Å². The van der Waals surface area contributed by atoms with Gasteiger partial charge in [0.05, 0.1) is 13.1 Å². The van der Waals surface area contributed by atoms with Crippen LogP contribution >= 0.6 is 24.0 Å². The Labute approximate surface area is 203 Å². The predicted octanol–water partition coefficient (Wildman–Crippen LogP) is 1.63. The van der Waals surface area contributed by atoms with Crippen LogP contribution in [0.4, 0.5) is 19.1 Å². The lowest BCUT2D eigenvalue weighted by atomic mass is 10.1. The zero-order valence-corrected chi connectivity index (χ0v) is 20.9. The fraction of sp³-hybridized carbons (Fsp3) is 0.684. The molecule has 0 radical (unpaired) electrons. The summed E-state index contributed by atoms with van der Waals surface area (Å²) in [6.07, 6.45) is -1.65. The van der Waals surface area contributed by atoms with E-state index in [0.29, 0.717) is 32.1 Å². The lowest BCUT2D eigenvalue weighted by Gasteiger charge is -2.33. The molecule has 13 heteroatoms. The van der Waals surface area contributed by atoms with Crippen LogP contribution in [-0.4, -0.2) is 91.0 Å². The number of hydrogen-bond acceptors (Lipinski definition) is 6. The highest BCUT2D eigenvalue weighted by Crippen LogP contribution is 2.27. The van der Waals surface area contributed by atoms with Crippen LogP contribution in [-0.2, 0) is 11.0 Å². The number of likely N-dealkylation sites (N-methyl/N-ethyl adjacent to an activating group) is 1. The van der Waals surface area contributed by atoms with Crippen molar-refractivity contribution >= 4 is 41.8 Å². The summed E-state index contributed by atoms with van der Waals surface area (Å²) >= 11 is 0. The summed E-state index contributed by atoms with van der Waals surface area (Å²) in [5.74, 6) is 0.665. The molecule has 2 rings (SSSR count). The Hall–Kier alpha value is -1.90. The van der Waals surface area contributed by atoms with Crippen molar-refractivity contribution < 1.29 is 18.0 Å². The molecule has 1 fully saturated rings. The third-order valence-corrected chi connectivity index (χ3v) is 4.74. The molecule has 1 aliphatic rings. The Balaban J connectivity index is 0.00000512. The van der Waals surface area contributed by atoms with Crippen molar-refractivity contribution in [3.63, 3.8) is 0 Å². The van der Waals surface area contributed by atoms with Crippen molar-refractivity contribution in [1.82, 2.24) is 30.4 Å². The van der Waals surface area contributed by atoms with Crippen LogP contribution in [0.3, 0.4) is 0 Å². The quantitative estimate of drug-likeness (QED) is 0.189. The molecular weight excluding hydrogens is 540 g/mol. The van der Waals surface area contributed by atoms with Gasteiger partial charge in [-0.2, -0.15) is 13.2 Å². The average Bonchev–Trinajstić information content (AvgIpc) is 2.72. The molecule has 0 atom stereocenters. The molecule has 0 bridgehead atoms. The molecule has 0 unspecified atom stereocenters. The second-order valence-electron chi connectivity index (χ2n) is 7.43. The Morgan fingerprint density at radius 2 is 2.00 bits per heavy atom. The first-order chi connectivity index (χ1) is 14.7. The van der Waals surface area contributed by atoms with E-state index in [1.54, 1.807) is 19.0 Å². The molecule has 1 amide bonds. The molecule has 1 saturated heterocycles. The number of carbonyl (C=O) groups is 1. The van der Waals surface area contributed by atoms with Gasteiger partial charge in [-0.3, -0.25) is 14.7 Å². The number of alkyl halides is 3. The van der Waals surface area contributed by atoms with Gasteiger partial charge in [-0.25, -0.2) is 9.97 Å². The minimum Gasteiger partial charge on any atom is -0.357 e. The van der Waals surface area contributed by atoms with Crippen LogP contribution in [0.5, 0.6) is 0 Å². The largest absolute Gasteiger partial charge is 0.433 e. The van der Waals surface area contributed by atoms with Gasteiger partial charge in [-0.05, 0) is 25.8 Å². The van der Waals surface area contributed by atoms with Gasteiger partial charge >= 0.3 is 6.18 Å². The van der Waals surface area contributed by atoms with Crippen molar-refractivity contribution in [3.05, 3.63) is 18.0 Å². The number of piperidine rings is 1. The number of hydrogen-bond donors (Lipinski definition) is 3. The molecule has 0 aliphatic carbocycles. The van der Waals surface area contributed by atoms with Gasteiger partial charge in [-0.15, -0.1) is 24.0 Å². The lowest BCUT2D eigenvalue weighted by Crippen LogP contribution is -2.50. The van der Waals surface area contributed by atoms with Crippen molar-refractivity contribution in [2.75, 3.05) is 58.7 Å². The molecule has 32 heavy (non-hydrogen) atoms. The monoisotopic (exact) mass is 572 g/mol. The summed E-state index contributed by atoms with van der Waals surface area (Å²) in [4.78, 5) is 27.3. The minimum atomic E-state index is -4.50. The number of aliphatic imine (C=N–C) groups is 1. The van der Waals surface area contributed by atoms with E-state index < -0.39 is 11.9 Å². The van der Waals surface area contributed by atoms with Gasteiger partial charge in [0.25, 0.3) is 0 Å². The van der Waals surface area contributed by atoms with Gasteiger partial charge in [-0.1, -0.05) is 0 Å². The van der Waals surface area contributed by atoms with Crippen molar-refractivity contribution in [3.8, 4) is 0 Å². The molecule has 1 aliphatic heterocycles. The number of amides is 1. The Morgan fingerprint density at radius 3 is 2.59 bits per heavy atom. The number of likely N-dealkylation sites (tertiary alicyclic amines) is 1. The fourth-order valence-electron chi connectivity index (χ4n) is 3.02. The molecule has 9 nitrogen and oxygen atoms in total. The first-order valence-corrected chi connectivity index (χ1v) is 10.3. The van der Waals surface area contributed by atoms with Crippen LogP contribution in [0.1, 0.15) is 25.5 Å². The summed E-state index contributed by atoms with van der Waals surface area (Å²) in [6, 6.07) is 1.07. The third-order valence-electron chi connectivity index (χ3n) is 4.74. The van der Waals surface area contributed by atoms with Gasteiger partial charge < -0.3 is 20.9 Å². The molecule has 2 heterocycles. The molecule has 1 aromatic rings. The summed E-state index contributed by atoms with van der Waals surface area (Å²) < 4.78 is 38.1. The number of halogens is 4. The smallest absolute Gasteiger partial charge is 0.357 e. The summed E-state index contributed by atoms with van der Waals surface area (Å²) in [5, 5.41) is 9.33. The number of carbonyl (C=O) groups excluding carboxylic acids is 1. The number of nitrogens with zero attached hydrogens (tertiary/aromatic N) is 5. The lowest BCUT2D eigenvalue weighted by molar-refractivity contribution is -0.141. The highest BCUT2D eigenvalue weighted by molar-refractivity contribution is 14.0. The van der Waals surface area contributed by atoms with Crippen molar-refractivity contribution in [1.29, 1.82) is 0 Å². The Kier molecular flexibility index (Phi) is 12.0. The van der Waals surface area contributed by atoms with Crippen LogP contribution in [0, 0.1) is 0 Å². The third kappa shape index (κ3) is 9.71. The van der Waals surface area contributed by atoms with E-state index in [-0.39, 0.29) is 41.9 Å². The predicted molar refractivity (Wildman–Crippen MR) is 128 cm³/mol. The maximum absolute atomic E-state index is 12.7. The van der Waals surface area contributed by atoms with E-state index in [0.717, 1.165) is 38.2 Å². The SMILES string of the molecule is CCNC(=NCCNc1nccc(C(F)(F)F)n1)NC1CCN(CC(=O)N(C)C)CC1.I. The number of anilines is 1. The molecular formula is C19H32F3IN8O. The number of rotatable bonds is 8. The van der Waals surface area contributed by atoms with E-state index in [4.69, 9.17) is 0 Å². The van der Waals surface area contributed by atoms with Crippen LogP contribution < -0.4 is 16.0 Å². The van der Waals surface area contributed by atoms with Gasteiger partial charge in [0, 0.05) is 52.5 Å². The summed E-state index contributed by atoms with van der Waals surface area (Å²) in [7, 11) is 3.51. The van der Waals surface area contributed by atoms with E-state index in [2.05, 4.69) is 35.8 Å². The highest BCUT2D eigenvalue weighted by atomic mass is 127. The number of guanidine groups is 1. The Morgan fingerprint density at radius 1 is 1.31 bits per heavy atom. The standard InChI is InChI=1S/C19H31F3N8O.HI/c1-4-23-17(27-14-6-11-30(12-7-14)13-16(31)29(2)3)25-9-10-26-18-24-8-5-15(28-18)19(20,21)22;/h5,8,14H,4,6-7,9-13H2,1-3H3,(H2,23,25,27)(H,24,26,28);1H. The second-order valence-corrected chi connectivity index (χ2v) is 7.43. The van der Waals surface area contributed by atoms with Gasteiger partial charge in [0.1, 0.15) is 5.69 Å². The van der Waals surface area contributed by atoms with Crippen molar-refractivity contribution in [2.45, 2.75) is 32.0 Å². The fourth-order valence-corrected chi connectivity index (χ4v) is 3.02.